The number of hydrogen-bond donors (Lipinski definition) is 0. The Morgan fingerprint density at radius 2 is 2.35 bits per heavy atom. The van der Waals surface area contributed by atoms with Gasteiger partial charge in [0.25, 0.3) is 0 Å². The molecule has 4 nitrogen and oxygen atoms in total. The molecule has 0 aliphatic heterocycles. The fourth-order valence-electron chi connectivity index (χ4n) is 1.56. The van der Waals surface area contributed by atoms with Gasteiger partial charge in [0.2, 0.25) is 0 Å². The summed E-state index contributed by atoms with van der Waals surface area (Å²) in [6.07, 6.45) is 5.98. The Bertz CT molecular complexity index is 407. The van der Waals surface area contributed by atoms with Crippen molar-refractivity contribution in [3.63, 3.8) is 0 Å². The molecule has 1 aromatic rings. The van der Waals surface area contributed by atoms with Crippen molar-refractivity contribution in [3.05, 3.63) is 36.2 Å². The maximum absolute atomic E-state index is 11.6. The first kappa shape index (κ1) is 13.2. The van der Waals surface area contributed by atoms with E-state index >= 15 is 0 Å². The van der Waals surface area contributed by atoms with Crippen LogP contribution in [0.2, 0.25) is 0 Å². The molecule has 92 valence electrons. The second-order valence-corrected chi connectivity index (χ2v) is 3.62. The van der Waals surface area contributed by atoms with Gasteiger partial charge in [0.05, 0.1) is 6.61 Å². The Labute approximate surface area is 101 Å². The summed E-state index contributed by atoms with van der Waals surface area (Å²) in [5.41, 5.74) is 0.921. The first-order chi connectivity index (χ1) is 8.22. The zero-order valence-corrected chi connectivity index (χ0v) is 10.0. The molecule has 17 heavy (non-hydrogen) atoms. The lowest BCUT2D eigenvalue weighted by Gasteiger charge is -2.07. The van der Waals surface area contributed by atoms with Crippen molar-refractivity contribution < 1.29 is 14.3 Å². The quantitative estimate of drug-likeness (QED) is 0.315. The summed E-state index contributed by atoms with van der Waals surface area (Å²) in [5.74, 6) is -0.390. The van der Waals surface area contributed by atoms with Gasteiger partial charge < -0.3 is 9.30 Å². The van der Waals surface area contributed by atoms with Crippen LogP contribution in [0.15, 0.2) is 24.9 Å². The molecular weight excluding hydrogens is 218 g/mol. The Balaban J connectivity index is 2.84. The van der Waals surface area contributed by atoms with Gasteiger partial charge in [-0.15, -0.1) is 6.58 Å². The molecule has 0 fully saturated rings. The SMILES string of the molecule is C=CCCCn1cc(C=O)cc1C(=O)OCC. The highest BCUT2D eigenvalue weighted by molar-refractivity contribution is 5.90. The number of unbranched alkanes of at least 4 members (excludes halogenated alkanes) is 1. The van der Waals surface area contributed by atoms with Crippen molar-refractivity contribution in [1.82, 2.24) is 4.57 Å². The molecule has 0 spiro atoms. The summed E-state index contributed by atoms with van der Waals surface area (Å²) in [6, 6.07) is 1.55. The number of rotatable bonds is 7. The Kier molecular flexibility index (Phi) is 5.20. The molecule has 1 heterocycles. The molecule has 0 saturated carbocycles. The second kappa shape index (κ2) is 6.68. The van der Waals surface area contributed by atoms with Gasteiger partial charge in [-0.1, -0.05) is 6.08 Å². The molecule has 0 saturated heterocycles. The van der Waals surface area contributed by atoms with E-state index in [0.29, 0.717) is 24.4 Å². The Morgan fingerprint density at radius 1 is 1.59 bits per heavy atom. The summed E-state index contributed by atoms with van der Waals surface area (Å²) in [5, 5.41) is 0. The minimum Gasteiger partial charge on any atom is -0.461 e. The highest BCUT2D eigenvalue weighted by Crippen LogP contribution is 2.10. The number of nitrogens with zero attached hydrogens (tertiary/aromatic N) is 1. The lowest BCUT2D eigenvalue weighted by atomic mass is 10.3. The van der Waals surface area contributed by atoms with Crippen molar-refractivity contribution in [2.45, 2.75) is 26.3 Å². The normalized spacial score (nSPS) is 9.94. The van der Waals surface area contributed by atoms with Crippen LogP contribution in [0.25, 0.3) is 0 Å². The monoisotopic (exact) mass is 235 g/mol. The number of aldehydes is 1. The van der Waals surface area contributed by atoms with Crippen LogP contribution >= 0.6 is 0 Å². The van der Waals surface area contributed by atoms with Gasteiger partial charge in [-0.2, -0.15) is 0 Å². The molecule has 4 heteroatoms. The molecule has 0 atom stereocenters. The molecule has 0 amide bonds. The molecular formula is C13H17NO3. The van der Waals surface area contributed by atoms with Gasteiger partial charge >= 0.3 is 5.97 Å². The minimum atomic E-state index is -0.390. The third-order valence-corrected chi connectivity index (χ3v) is 2.35. The smallest absolute Gasteiger partial charge is 0.354 e. The number of aromatic nitrogens is 1. The van der Waals surface area contributed by atoms with Gasteiger partial charge in [-0.05, 0) is 25.8 Å². The number of hydrogen-bond acceptors (Lipinski definition) is 3. The van der Waals surface area contributed by atoms with Crippen molar-refractivity contribution in [2.75, 3.05) is 6.61 Å². The first-order valence-electron chi connectivity index (χ1n) is 5.66. The van der Waals surface area contributed by atoms with E-state index in [-0.39, 0.29) is 5.97 Å². The lowest BCUT2D eigenvalue weighted by Crippen LogP contribution is -2.11. The minimum absolute atomic E-state index is 0.326. The van der Waals surface area contributed by atoms with E-state index in [1.54, 1.807) is 23.8 Å². The van der Waals surface area contributed by atoms with Crippen molar-refractivity contribution >= 4 is 12.3 Å². The highest BCUT2D eigenvalue weighted by Gasteiger charge is 2.14. The maximum atomic E-state index is 11.6. The van der Waals surface area contributed by atoms with E-state index < -0.39 is 0 Å². The van der Waals surface area contributed by atoms with E-state index in [2.05, 4.69) is 6.58 Å². The lowest BCUT2D eigenvalue weighted by molar-refractivity contribution is 0.0513. The number of ether oxygens (including phenoxy) is 1. The zero-order valence-electron chi connectivity index (χ0n) is 10.0. The number of aryl methyl sites for hydroxylation is 1. The number of carbonyl (C=O) groups excluding carboxylic acids is 2. The molecule has 0 N–H and O–H groups in total. The van der Waals surface area contributed by atoms with Gasteiger partial charge in [-0.25, -0.2) is 4.79 Å². The molecule has 0 aromatic carbocycles. The van der Waals surface area contributed by atoms with Crippen LogP contribution in [0.4, 0.5) is 0 Å². The van der Waals surface area contributed by atoms with Gasteiger partial charge in [-0.3, -0.25) is 4.79 Å². The topological polar surface area (TPSA) is 48.3 Å². The summed E-state index contributed by atoms with van der Waals surface area (Å²) < 4.78 is 6.69. The van der Waals surface area contributed by atoms with Crippen LogP contribution < -0.4 is 0 Å². The van der Waals surface area contributed by atoms with E-state index in [4.69, 9.17) is 4.74 Å². The number of esters is 1. The van der Waals surface area contributed by atoms with Crippen molar-refractivity contribution in [2.24, 2.45) is 0 Å². The predicted octanol–water partition coefficient (Wildman–Crippen LogP) is 2.44. The summed E-state index contributed by atoms with van der Waals surface area (Å²) in [7, 11) is 0. The summed E-state index contributed by atoms with van der Waals surface area (Å²) in [4.78, 5) is 22.3. The summed E-state index contributed by atoms with van der Waals surface area (Å²) in [6.45, 7) is 6.40. The van der Waals surface area contributed by atoms with E-state index in [1.807, 2.05) is 6.08 Å². The molecule has 0 radical (unpaired) electrons. The maximum Gasteiger partial charge on any atom is 0.354 e. The molecule has 0 aliphatic carbocycles. The molecule has 0 aliphatic rings. The average molecular weight is 235 g/mol. The van der Waals surface area contributed by atoms with Crippen LogP contribution in [-0.2, 0) is 11.3 Å². The number of carbonyl (C=O) groups is 2. The van der Waals surface area contributed by atoms with E-state index in [1.165, 1.54) is 0 Å². The molecule has 1 rings (SSSR count). The largest absolute Gasteiger partial charge is 0.461 e. The summed E-state index contributed by atoms with van der Waals surface area (Å²) >= 11 is 0. The third-order valence-electron chi connectivity index (χ3n) is 2.35. The fourth-order valence-corrected chi connectivity index (χ4v) is 1.56. The average Bonchev–Trinajstić information content (AvgIpc) is 2.73. The fraction of sp³-hybridized carbons (Fsp3) is 0.385. The molecule has 0 bridgehead atoms. The van der Waals surface area contributed by atoms with Gasteiger partial charge in [0.1, 0.15) is 5.69 Å². The van der Waals surface area contributed by atoms with E-state index in [9.17, 15) is 9.59 Å². The second-order valence-electron chi connectivity index (χ2n) is 3.62. The van der Waals surface area contributed by atoms with Crippen LogP contribution in [0.3, 0.4) is 0 Å². The van der Waals surface area contributed by atoms with E-state index in [0.717, 1.165) is 19.1 Å². The Hall–Kier alpha value is -1.84. The van der Waals surface area contributed by atoms with Crippen molar-refractivity contribution in [1.29, 1.82) is 0 Å². The zero-order chi connectivity index (χ0) is 12.7. The van der Waals surface area contributed by atoms with Crippen LogP contribution in [-0.4, -0.2) is 23.4 Å². The Morgan fingerprint density at radius 3 is 2.94 bits per heavy atom. The molecule has 0 unspecified atom stereocenters. The molecule has 1 aromatic heterocycles. The van der Waals surface area contributed by atoms with Crippen molar-refractivity contribution in [3.8, 4) is 0 Å². The first-order valence-corrected chi connectivity index (χ1v) is 5.66. The van der Waals surface area contributed by atoms with Gasteiger partial charge in [0.15, 0.2) is 6.29 Å². The standard InChI is InChI=1S/C13H17NO3/c1-3-5-6-7-14-9-11(10-15)8-12(14)13(16)17-4-2/h3,8-10H,1,4-7H2,2H3. The predicted molar refractivity (Wildman–Crippen MR) is 65.2 cm³/mol. The van der Waals surface area contributed by atoms with Crippen LogP contribution in [0.1, 0.15) is 40.6 Å². The van der Waals surface area contributed by atoms with Crippen LogP contribution in [0, 0.1) is 0 Å². The highest BCUT2D eigenvalue weighted by atomic mass is 16.5. The van der Waals surface area contributed by atoms with Gasteiger partial charge in [0, 0.05) is 18.3 Å². The van der Waals surface area contributed by atoms with Crippen LogP contribution in [0.5, 0.6) is 0 Å². The third kappa shape index (κ3) is 3.59. The number of allylic oxidation sites excluding steroid dienone is 1.